The van der Waals surface area contributed by atoms with Crippen LogP contribution < -0.4 is 10.1 Å². The van der Waals surface area contributed by atoms with E-state index in [9.17, 15) is 0 Å². The molecule has 1 heterocycles. The van der Waals surface area contributed by atoms with Gasteiger partial charge in [0.1, 0.15) is 12.4 Å². The van der Waals surface area contributed by atoms with Gasteiger partial charge in [-0.25, -0.2) is 0 Å². The van der Waals surface area contributed by atoms with E-state index in [1.807, 2.05) is 6.07 Å². The van der Waals surface area contributed by atoms with E-state index < -0.39 is 0 Å². The highest BCUT2D eigenvalue weighted by Crippen LogP contribution is 2.37. The third kappa shape index (κ3) is 3.71. The van der Waals surface area contributed by atoms with Crippen molar-refractivity contribution >= 4 is 0 Å². The van der Waals surface area contributed by atoms with Crippen LogP contribution in [0.1, 0.15) is 31.2 Å². The molecule has 106 valence electrons. The first-order valence-corrected chi connectivity index (χ1v) is 7.28. The van der Waals surface area contributed by atoms with E-state index in [2.05, 4.69) is 30.4 Å². The highest BCUT2D eigenvalue weighted by atomic mass is 16.5. The van der Waals surface area contributed by atoms with Gasteiger partial charge in [-0.3, -0.25) is 0 Å². The largest absolute Gasteiger partial charge is 0.491 e. The van der Waals surface area contributed by atoms with E-state index in [4.69, 9.17) is 9.47 Å². The summed E-state index contributed by atoms with van der Waals surface area (Å²) in [6.07, 6.45) is 2.41. The van der Waals surface area contributed by atoms with Crippen molar-refractivity contribution in [2.75, 3.05) is 33.4 Å². The molecule has 1 fully saturated rings. The van der Waals surface area contributed by atoms with Crippen LogP contribution in [0.4, 0.5) is 0 Å². The molecule has 1 aromatic rings. The quantitative estimate of drug-likeness (QED) is 0.801. The van der Waals surface area contributed by atoms with Crippen LogP contribution in [0.3, 0.4) is 0 Å². The van der Waals surface area contributed by atoms with E-state index in [0.717, 1.165) is 18.8 Å². The predicted molar refractivity (Wildman–Crippen MR) is 77.8 cm³/mol. The number of ether oxygens (including phenoxy) is 2. The minimum absolute atomic E-state index is 0.616. The van der Waals surface area contributed by atoms with E-state index in [1.165, 1.54) is 18.4 Å². The second-order valence-electron chi connectivity index (χ2n) is 5.15. The van der Waals surface area contributed by atoms with Crippen molar-refractivity contribution in [3.05, 3.63) is 29.8 Å². The van der Waals surface area contributed by atoms with Crippen LogP contribution in [-0.4, -0.2) is 33.4 Å². The zero-order chi connectivity index (χ0) is 13.5. The maximum atomic E-state index is 5.88. The second kappa shape index (κ2) is 7.51. The fourth-order valence-corrected chi connectivity index (χ4v) is 2.91. The third-order valence-electron chi connectivity index (χ3n) is 4.00. The Balaban J connectivity index is 2.12. The Morgan fingerprint density at radius 1 is 1.26 bits per heavy atom. The molecule has 0 radical (unpaired) electrons. The fourth-order valence-electron chi connectivity index (χ4n) is 2.91. The van der Waals surface area contributed by atoms with Gasteiger partial charge < -0.3 is 14.8 Å². The number of nitrogens with one attached hydrogen (secondary N) is 1. The number of methoxy groups -OCH3 is 1. The molecular weight excluding hydrogens is 238 g/mol. The molecule has 0 spiro atoms. The highest BCUT2D eigenvalue weighted by Gasteiger charge is 2.27. The first-order chi connectivity index (χ1) is 9.36. The first kappa shape index (κ1) is 14.4. The van der Waals surface area contributed by atoms with E-state index in [-0.39, 0.29) is 0 Å². The second-order valence-corrected chi connectivity index (χ2v) is 5.15. The molecule has 2 unspecified atom stereocenters. The molecule has 3 heteroatoms. The summed E-state index contributed by atoms with van der Waals surface area (Å²) in [6, 6.07) is 8.47. The fraction of sp³-hybridized carbons (Fsp3) is 0.625. The Kier molecular flexibility index (Phi) is 5.67. The van der Waals surface area contributed by atoms with Gasteiger partial charge in [0, 0.05) is 7.11 Å². The molecule has 0 saturated carbocycles. The lowest BCUT2D eigenvalue weighted by Gasteiger charge is -2.32. The molecule has 0 bridgehead atoms. The maximum absolute atomic E-state index is 5.88. The summed E-state index contributed by atoms with van der Waals surface area (Å²) >= 11 is 0. The van der Waals surface area contributed by atoms with E-state index in [1.54, 1.807) is 7.11 Å². The molecule has 2 rings (SSSR count). The lowest BCUT2D eigenvalue weighted by atomic mass is 9.79. The van der Waals surface area contributed by atoms with Gasteiger partial charge >= 0.3 is 0 Å². The van der Waals surface area contributed by atoms with Crippen LogP contribution in [0.5, 0.6) is 5.75 Å². The van der Waals surface area contributed by atoms with E-state index >= 15 is 0 Å². The Labute approximate surface area is 116 Å². The Bertz CT molecular complexity index is 381. The molecule has 1 saturated heterocycles. The van der Waals surface area contributed by atoms with Crippen LogP contribution >= 0.6 is 0 Å². The SMILES string of the molecule is CCC1CNCCC1c1ccccc1OCCOC. The number of piperidine rings is 1. The maximum Gasteiger partial charge on any atom is 0.122 e. The molecule has 19 heavy (non-hydrogen) atoms. The zero-order valence-electron chi connectivity index (χ0n) is 12.0. The number of hydrogen-bond acceptors (Lipinski definition) is 3. The molecular formula is C16H25NO2. The summed E-state index contributed by atoms with van der Waals surface area (Å²) in [5.41, 5.74) is 1.37. The van der Waals surface area contributed by atoms with Gasteiger partial charge in [0.25, 0.3) is 0 Å². The van der Waals surface area contributed by atoms with Crippen molar-refractivity contribution in [2.24, 2.45) is 5.92 Å². The average Bonchev–Trinajstić information content (AvgIpc) is 2.48. The molecule has 1 aliphatic rings. The van der Waals surface area contributed by atoms with Crippen LogP contribution in [0, 0.1) is 5.92 Å². The van der Waals surface area contributed by atoms with Gasteiger partial charge in [0.05, 0.1) is 6.61 Å². The molecule has 3 nitrogen and oxygen atoms in total. The van der Waals surface area contributed by atoms with Crippen molar-refractivity contribution in [3.8, 4) is 5.75 Å². The summed E-state index contributed by atoms with van der Waals surface area (Å²) in [5.74, 6) is 2.36. The van der Waals surface area contributed by atoms with Crippen molar-refractivity contribution in [1.29, 1.82) is 0 Å². The highest BCUT2D eigenvalue weighted by molar-refractivity contribution is 5.37. The summed E-state index contributed by atoms with van der Waals surface area (Å²) in [5, 5.41) is 3.50. The number of rotatable bonds is 6. The van der Waals surface area contributed by atoms with Crippen molar-refractivity contribution in [3.63, 3.8) is 0 Å². The normalized spacial score (nSPS) is 23.3. The first-order valence-electron chi connectivity index (χ1n) is 7.28. The zero-order valence-corrected chi connectivity index (χ0v) is 12.0. The summed E-state index contributed by atoms with van der Waals surface area (Å²) in [6.45, 7) is 5.76. The Hall–Kier alpha value is -1.06. The molecule has 1 aromatic carbocycles. The van der Waals surface area contributed by atoms with Crippen LogP contribution in [0.2, 0.25) is 0 Å². The average molecular weight is 263 g/mol. The van der Waals surface area contributed by atoms with Gasteiger partial charge in [-0.15, -0.1) is 0 Å². The molecule has 0 aromatic heterocycles. The Morgan fingerprint density at radius 2 is 2.11 bits per heavy atom. The lowest BCUT2D eigenvalue weighted by molar-refractivity contribution is 0.145. The summed E-state index contributed by atoms with van der Waals surface area (Å²) < 4.78 is 10.9. The monoisotopic (exact) mass is 263 g/mol. The summed E-state index contributed by atoms with van der Waals surface area (Å²) in [4.78, 5) is 0. The van der Waals surface area contributed by atoms with Gasteiger partial charge in [-0.1, -0.05) is 31.5 Å². The van der Waals surface area contributed by atoms with Gasteiger partial charge in [-0.05, 0) is 43.0 Å². The standard InChI is InChI=1S/C16H25NO2/c1-3-13-12-17-9-8-14(13)15-6-4-5-7-16(15)19-11-10-18-2/h4-7,13-14,17H,3,8-12H2,1-2H3. The molecule has 2 atom stereocenters. The minimum atomic E-state index is 0.616. The lowest BCUT2D eigenvalue weighted by Crippen LogP contribution is -2.35. The number of para-hydroxylation sites is 1. The molecule has 0 aliphatic carbocycles. The third-order valence-corrected chi connectivity index (χ3v) is 4.00. The van der Waals surface area contributed by atoms with E-state index in [0.29, 0.717) is 25.0 Å². The molecule has 1 N–H and O–H groups in total. The Morgan fingerprint density at radius 3 is 2.89 bits per heavy atom. The molecule has 1 aliphatic heterocycles. The van der Waals surface area contributed by atoms with Crippen molar-refractivity contribution in [2.45, 2.75) is 25.7 Å². The van der Waals surface area contributed by atoms with Crippen molar-refractivity contribution in [1.82, 2.24) is 5.32 Å². The van der Waals surface area contributed by atoms with Crippen LogP contribution in [0.15, 0.2) is 24.3 Å². The van der Waals surface area contributed by atoms with Crippen LogP contribution in [0.25, 0.3) is 0 Å². The van der Waals surface area contributed by atoms with Gasteiger partial charge in [0.15, 0.2) is 0 Å². The van der Waals surface area contributed by atoms with Gasteiger partial charge in [0.2, 0.25) is 0 Å². The number of hydrogen-bond donors (Lipinski definition) is 1. The minimum Gasteiger partial charge on any atom is -0.491 e. The van der Waals surface area contributed by atoms with Gasteiger partial charge in [-0.2, -0.15) is 0 Å². The predicted octanol–water partition coefficient (Wildman–Crippen LogP) is 2.81. The van der Waals surface area contributed by atoms with Crippen molar-refractivity contribution < 1.29 is 9.47 Å². The van der Waals surface area contributed by atoms with Crippen LogP contribution in [-0.2, 0) is 4.74 Å². The smallest absolute Gasteiger partial charge is 0.122 e. The topological polar surface area (TPSA) is 30.5 Å². The number of benzene rings is 1. The summed E-state index contributed by atoms with van der Waals surface area (Å²) in [7, 11) is 1.70. The molecule has 0 amide bonds.